The highest BCUT2D eigenvalue weighted by atomic mass is 16.2. The van der Waals surface area contributed by atoms with E-state index in [2.05, 4.69) is 24.3 Å². The van der Waals surface area contributed by atoms with E-state index in [0.717, 1.165) is 0 Å². The van der Waals surface area contributed by atoms with Crippen molar-refractivity contribution in [2.24, 2.45) is 0 Å². The molecule has 0 aliphatic carbocycles. The van der Waals surface area contributed by atoms with E-state index in [-0.39, 0.29) is 11.6 Å². The van der Waals surface area contributed by atoms with Crippen LogP contribution in [-0.2, 0) is 11.3 Å². The Labute approximate surface area is 128 Å². The summed E-state index contributed by atoms with van der Waals surface area (Å²) in [7, 11) is 0. The SMILES string of the molecule is C[C@H]1CN(C(=O)CCn2nc3ccccn3c2=O)C[C@H](C)N1. The molecule has 0 saturated carbocycles. The van der Waals surface area contributed by atoms with Gasteiger partial charge in [0.05, 0.1) is 6.54 Å². The van der Waals surface area contributed by atoms with Gasteiger partial charge in [-0.15, -0.1) is 5.10 Å². The van der Waals surface area contributed by atoms with Crippen molar-refractivity contribution in [2.45, 2.75) is 38.9 Å². The van der Waals surface area contributed by atoms with Crippen LogP contribution in [-0.4, -0.2) is 50.2 Å². The number of nitrogens with one attached hydrogen (secondary N) is 1. The van der Waals surface area contributed by atoms with E-state index in [9.17, 15) is 9.59 Å². The molecule has 1 aliphatic heterocycles. The van der Waals surface area contributed by atoms with Crippen molar-refractivity contribution in [1.29, 1.82) is 0 Å². The third-order valence-corrected chi connectivity index (χ3v) is 3.94. The zero-order chi connectivity index (χ0) is 15.7. The molecule has 1 N–H and O–H groups in total. The fourth-order valence-corrected chi connectivity index (χ4v) is 3.00. The Kier molecular flexibility index (Phi) is 3.98. The standard InChI is InChI=1S/C15H21N5O2/c1-11-9-18(10-12(2)16-11)14(21)6-8-20-15(22)19-7-4-3-5-13(19)17-20/h3-5,7,11-12,16H,6,8-10H2,1-2H3/t11-,12-/m0/s1. The molecule has 118 valence electrons. The number of pyridine rings is 1. The van der Waals surface area contributed by atoms with E-state index < -0.39 is 0 Å². The molecule has 2 aromatic rings. The summed E-state index contributed by atoms with van der Waals surface area (Å²) < 4.78 is 2.85. The van der Waals surface area contributed by atoms with Crippen LogP contribution in [0.3, 0.4) is 0 Å². The Morgan fingerprint density at radius 1 is 1.32 bits per heavy atom. The molecule has 0 radical (unpaired) electrons. The maximum Gasteiger partial charge on any atom is 0.350 e. The van der Waals surface area contributed by atoms with Gasteiger partial charge in [-0.2, -0.15) is 0 Å². The highest BCUT2D eigenvalue weighted by molar-refractivity contribution is 5.76. The molecule has 3 heterocycles. The number of amides is 1. The Bertz CT molecular complexity index is 725. The molecule has 0 bridgehead atoms. The largest absolute Gasteiger partial charge is 0.350 e. The predicted octanol–water partition coefficient (Wildman–Crippen LogP) is 0.0949. The van der Waals surface area contributed by atoms with Gasteiger partial charge in [-0.05, 0) is 26.0 Å². The second kappa shape index (κ2) is 5.92. The minimum atomic E-state index is -0.203. The number of aryl methyl sites for hydroxylation is 1. The summed E-state index contributed by atoms with van der Waals surface area (Å²) in [5, 5.41) is 7.64. The zero-order valence-corrected chi connectivity index (χ0v) is 12.9. The molecule has 1 aliphatic rings. The Hall–Kier alpha value is -2.15. The van der Waals surface area contributed by atoms with Gasteiger partial charge in [0.2, 0.25) is 5.91 Å². The van der Waals surface area contributed by atoms with Crippen LogP contribution < -0.4 is 11.0 Å². The summed E-state index contributed by atoms with van der Waals surface area (Å²) in [6.45, 7) is 5.88. The van der Waals surface area contributed by atoms with Gasteiger partial charge < -0.3 is 10.2 Å². The Morgan fingerprint density at radius 2 is 2.05 bits per heavy atom. The van der Waals surface area contributed by atoms with Crippen LogP contribution >= 0.6 is 0 Å². The number of fused-ring (bicyclic) bond motifs is 1. The van der Waals surface area contributed by atoms with Gasteiger partial charge in [0.1, 0.15) is 0 Å². The maximum atomic E-state index is 12.3. The zero-order valence-electron chi connectivity index (χ0n) is 12.9. The average Bonchev–Trinajstić information content (AvgIpc) is 2.81. The van der Waals surface area contributed by atoms with Crippen molar-refractivity contribution in [1.82, 2.24) is 24.4 Å². The first-order chi connectivity index (χ1) is 10.5. The number of aromatic nitrogens is 3. The van der Waals surface area contributed by atoms with Crippen LogP contribution in [0.25, 0.3) is 5.65 Å². The van der Waals surface area contributed by atoms with Crippen molar-refractivity contribution in [2.75, 3.05) is 13.1 Å². The summed E-state index contributed by atoms with van der Waals surface area (Å²) in [6.07, 6.45) is 1.98. The van der Waals surface area contributed by atoms with Crippen LogP contribution in [0.1, 0.15) is 20.3 Å². The summed E-state index contributed by atoms with van der Waals surface area (Å²) in [4.78, 5) is 26.4. The first-order valence-corrected chi connectivity index (χ1v) is 7.62. The molecule has 0 spiro atoms. The summed E-state index contributed by atoms with van der Waals surface area (Å²) in [6, 6.07) is 5.99. The van der Waals surface area contributed by atoms with Crippen LogP contribution in [0, 0.1) is 0 Å². The lowest BCUT2D eigenvalue weighted by atomic mass is 10.1. The first kappa shape index (κ1) is 14.8. The predicted molar refractivity (Wildman–Crippen MR) is 82.7 cm³/mol. The van der Waals surface area contributed by atoms with E-state index in [4.69, 9.17) is 0 Å². The Morgan fingerprint density at radius 3 is 2.73 bits per heavy atom. The summed E-state index contributed by atoms with van der Waals surface area (Å²) in [5.74, 6) is 0.0733. The minimum absolute atomic E-state index is 0.0733. The van der Waals surface area contributed by atoms with Crippen molar-refractivity contribution in [3.8, 4) is 0 Å². The van der Waals surface area contributed by atoms with E-state index in [0.29, 0.717) is 43.8 Å². The van der Waals surface area contributed by atoms with Crippen molar-refractivity contribution in [3.63, 3.8) is 0 Å². The number of rotatable bonds is 3. The third-order valence-electron chi connectivity index (χ3n) is 3.94. The summed E-state index contributed by atoms with van der Waals surface area (Å²) in [5.41, 5.74) is 0.398. The minimum Gasteiger partial charge on any atom is -0.340 e. The lowest BCUT2D eigenvalue weighted by molar-refractivity contribution is -0.133. The second-order valence-electron chi connectivity index (χ2n) is 5.95. The molecule has 7 heteroatoms. The van der Waals surface area contributed by atoms with Gasteiger partial charge in [-0.3, -0.25) is 9.20 Å². The number of piperazine rings is 1. The van der Waals surface area contributed by atoms with Crippen LogP contribution in [0.2, 0.25) is 0 Å². The van der Waals surface area contributed by atoms with E-state index in [1.54, 1.807) is 18.3 Å². The molecule has 1 amide bonds. The van der Waals surface area contributed by atoms with Crippen LogP contribution in [0.15, 0.2) is 29.2 Å². The Balaban J connectivity index is 1.67. The van der Waals surface area contributed by atoms with Gasteiger partial charge in [0.25, 0.3) is 0 Å². The van der Waals surface area contributed by atoms with E-state index >= 15 is 0 Å². The highest BCUT2D eigenvalue weighted by Gasteiger charge is 2.24. The van der Waals surface area contributed by atoms with E-state index in [1.807, 2.05) is 11.0 Å². The number of carbonyl (C=O) groups is 1. The number of nitrogens with zero attached hydrogens (tertiary/aromatic N) is 4. The van der Waals surface area contributed by atoms with Gasteiger partial charge >= 0.3 is 5.69 Å². The first-order valence-electron chi connectivity index (χ1n) is 7.62. The molecule has 1 fully saturated rings. The quantitative estimate of drug-likeness (QED) is 0.872. The third kappa shape index (κ3) is 2.89. The molecule has 22 heavy (non-hydrogen) atoms. The molecule has 2 atom stereocenters. The monoisotopic (exact) mass is 303 g/mol. The number of hydrogen-bond acceptors (Lipinski definition) is 4. The van der Waals surface area contributed by atoms with Gasteiger partial charge in [0.15, 0.2) is 5.65 Å². The lowest BCUT2D eigenvalue weighted by Crippen LogP contribution is -2.56. The van der Waals surface area contributed by atoms with E-state index in [1.165, 1.54) is 9.08 Å². The molecule has 0 unspecified atom stereocenters. The van der Waals surface area contributed by atoms with Gasteiger partial charge in [-0.1, -0.05) is 6.07 Å². The number of hydrogen-bond donors (Lipinski definition) is 1. The molecule has 1 saturated heterocycles. The fourth-order valence-electron chi connectivity index (χ4n) is 3.00. The molecule has 0 aromatic carbocycles. The molecular formula is C15H21N5O2. The van der Waals surface area contributed by atoms with Crippen molar-refractivity contribution < 1.29 is 4.79 Å². The highest BCUT2D eigenvalue weighted by Crippen LogP contribution is 2.06. The van der Waals surface area contributed by atoms with Gasteiger partial charge in [-0.25, -0.2) is 9.48 Å². The average molecular weight is 303 g/mol. The maximum absolute atomic E-state index is 12.3. The number of carbonyl (C=O) groups excluding carboxylic acids is 1. The molecular weight excluding hydrogens is 282 g/mol. The van der Waals surface area contributed by atoms with Crippen molar-refractivity contribution >= 4 is 11.6 Å². The lowest BCUT2D eigenvalue weighted by Gasteiger charge is -2.36. The van der Waals surface area contributed by atoms with Crippen LogP contribution in [0.5, 0.6) is 0 Å². The fraction of sp³-hybridized carbons (Fsp3) is 0.533. The van der Waals surface area contributed by atoms with Crippen LogP contribution in [0.4, 0.5) is 0 Å². The van der Waals surface area contributed by atoms with Crippen molar-refractivity contribution in [3.05, 3.63) is 34.9 Å². The smallest absolute Gasteiger partial charge is 0.340 e. The topological polar surface area (TPSA) is 71.6 Å². The second-order valence-corrected chi connectivity index (χ2v) is 5.95. The molecule has 3 rings (SSSR count). The summed E-state index contributed by atoms with van der Waals surface area (Å²) >= 11 is 0. The normalized spacial score (nSPS) is 22.2. The van der Waals surface area contributed by atoms with Gasteiger partial charge in [0, 0.05) is 37.8 Å². The molecule has 7 nitrogen and oxygen atoms in total. The molecule has 2 aromatic heterocycles.